The van der Waals surface area contributed by atoms with E-state index in [4.69, 9.17) is 16.3 Å². The second-order valence-electron chi connectivity index (χ2n) is 7.30. The van der Waals surface area contributed by atoms with Crippen molar-refractivity contribution in [3.63, 3.8) is 0 Å². The van der Waals surface area contributed by atoms with Crippen molar-refractivity contribution in [2.75, 3.05) is 13.7 Å². The van der Waals surface area contributed by atoms with Crippen molar-refractivity contribution in [2.24, 2.45) is 0 Å². The maximum atomic E-state index is 13.0. The summed E-state index contributed by atoms with van der Waals surface area (Å²) in [5.41, 5.74) is 4.30. The Bertz CT molecular complexity index is 1110. The van der Waals surface area contributed by atoms with E-state index in [1.807, 2.05) is 54.4 Å². The molecule has 1 fully saturated rings. The number of carbonyl (C=O) groups excluding carboxylic acids is 1. The van der Waals surface area contributed by atoms with E-state index in [1.165, 1.54) is 0 Å². The third kappa shape index (κ3) is 4.39. The molecule has 30 heavy (non-hydrogen) atoms. The Morgan fingerprint density at radius 3 is 2.87 bits per heavy atom. The van der Waals surface area contributed by atoms with E-state index < -0.39 is 0 Å². The number of aromatic amines is 1. The summed E-state index contributed by atoms with van der Waals surface area (Å²) in [6.45, 7) is 3.10. The van der Waals surface area contributed by atoms with Crippen LogP contribution in [0.5, 0.6) is 5.75 Å². The Morgan fingerprint density at radius 1 is 1.27 bits per heavy atom. The number of nitrogens with one attached hydrogen (secondary N) is 1. The van der Waals surface area contributed by atoms with Crippen molar-refractivity contribution < 1.29 is 9.53 Å². The fraction of sp³-hybridized carbons (Fsp3) is 0.261. The molecule has 3 heterocycles. The summed E-state index contributed by atoms with van der Waals surface area (Å²) in [7, 11) is 1.64. The highest BCUT2D eigenvalue weighted by molar-refractivity contribution is 6.29. The molecule has 7 heteroatoms. The van der Waals surface area contributed by atoms with Crippen LogP contribution >= 0.6 is 11.6 Å². The van der Waals surface area contributed by atoms with E-state index in [0.717, 1.165) is 46.8 Å². The lowest BCUT2D eigenvalue weighted by Gasteiger charge is -2.28. The van der Waals surface area contributed by atoms with E-state index >= 15 is 0 Å². The summed E-state index contributed by atoms with van der Waals surface area (Å²) in [4.78, 5) is 26.8. The first-order chi connectivity index (χ1) is 14.5. The number of hydrogen-bond acceptors (Lipinski definition) is 4. The highest BCUT2D eigenvalue weighted by Crippen LogP contribution is 2.30. The number of likely N-dealkylation sites (tertiary alicyclic amines) is 1. The number of nitrogens with zero attached hydrogens (tertiary/aromatic N) is 3. The number of imidazole rings is 1. The van der Waals surface area contributed by atoms with Gasteiger partial charge in [0, 0.05) is 18.3 Å². The van der Waals surface area contributed by atoms with Crippen LogP contribution in [0.3, 0.4) is 0 Å². The topological polar surface area (TPSA) is 71.1 Å². The molecule has 6 nitrogen and oxygen atoms in total. The minimum atomic E-state index is 0.0349. The van der Waals surface area contributed by atoms with Gasteiger partial charge in [0.05, 0.1) is 30.6 Å². The summed E-state index contributed by atoms with van der Waals surface area (Å²) in [5, 5.41) is 0.437. The molecule has 4 rings (SSSR count). The van der Waals surface area contributed by atoms with Crippen LogP contribution in [-0.2, 0) is 11.3 Å². The molecular formula is C23H23ClN4O2. The highest BCUT2D eigenvalue weighted by Gasteiger charge is 2.23. The third-order valence-corrected chi connectivity index (χ3v) is 5.30. The molecular weight excluding hydrogens is 400 g/mol. The van der Waals surface area contributed by atoms with Gasteiger partial charge in [-0.05, 0) is 55.7 Å². The lowest BCUT2D eigenvalue weighted by Crippen LogP contribution is -2.36. The maximum absolute atomic E-state index is 13.0. The second-order valence-corrected chi connectivity index (χ2v) is 7.69. The first kappa shape index (κ1) is 20.2. The van der Waals surface area contributed by atoms with Crippen molar-refractivity contribution in [2.45, 2.75) is 26.3 Å². The van der Waals surface area contributed by atoms with Gasteiger partial charge in [0.1, 0.15) is 16.7 Å². The predicted octanol–water partition coefficient (Wildman–Crippen LogP) is 4.65. The van der Waals surface area contributed by atoms with Crippen LogP contribution in [0.2, 0.25) is 5.15 Å². The van der Waals surface area contributed by atoms with Gasteiger partial charge in [-0.1, -0.05) is 23.7 Å². The molecule has 154 valence electrons. The minimum Gasteiger partial charge on any atom is -0.496 e. The number of H-pyrrole nitrogens is 1. The van der Waals surface area contributed by atoms with Crippen LogP contribution in [0.25, 0.3) is 17.5 Å². The van der Waals surface area contributed by atoms with Gasteiger partial charge in [-0.3, -0.25) is 4.79 Å². The molecule has 1 aromatic carbocycles. The molecule has 0 atom stereocenters. The van der Waals surface area contributed by atoms with Gasteiger partial charge in [-0.2, -0.15) is 0 Å². The standard InChI is InChI=1S/C23H23ClN4O2/c1-15-13-25-22(26-15)19-9-8-16(12-20(19)30-2)11-17-5-4-10-28(23(17)29)14-18-6-3-7-21(24)27-18/h3,6-9,11-13H,4-5,10,14H2,1-2H3,(H,25,26)/b17-11+. The van der Waals surface area contributed by atoms with Crippen molar-refractivity contribution in [3.8, 4) is 17.1 Å². The summed E-state index contributed by atoms with van der Waals surface area (Å²) in [6, 6.07) is 11.3. The van der Waals surface area contributed by atoms with E-state index in [-0.39, 0.29) is 5.91 Å². The van der Waals surface area contributed by atoms with Crippen LogP contribution in [0.15, 0.2) is 48.2 Å². The molecule has 0 saturated carbocycles. The maximum Gasteiger partial charge on any atom is 0.250 e. The van der Waals surface area contributed by atoms with Gasteiger partial charge < -0.3 is 14.6 Å². The van der Waals surface area contributed by atoms with E-state index in [2.05, 4.69) is 15.0 Å². The molecule has 2 aromatic heterocycles. The Morgan fingerprint density at radius 2 is 2.13 bits per heavy atom. The van der Waals surface area contributed by atoms with Gasteiger partial charge in [0.25, 0.3) is 0 Å². The molecule has 3 aromatic rings. The minimum absolute atomic E-state index is 0.0349. The van der Waals surface area contributed by atoms with Crippen molar-refractivity contribution in [3.05, 3.63) is 70.3 Å². The number of aromatic nitrogens is 3. The number of hydrogen-bond donors (Lipinski definition) is 1. The molecule has 1 amide bonds. The monoisotopic (exact) mass is 422 g/mol. The zero-order valence-electron chi connectivity index (χ0n) is 17.0. The first-order valence-electron chi connectivity index (χ1n) is 9.85. The predicted molar refractivity (Wildman–Crippen MR) is 117 cm³/mol. The lowest BCUT2D eigenvalue weighted by atomic mass is 9.99. The average Bonchev–Trinajstić information content (AvgIpc) is 3.17. The number of amides is 1. The number of carbonyl (C=O) groups is 1. The fourth-order valence-electron chi connectivity index (χ4n) is 3.64. The second kappa shape index (κ2) is 8.71. The van der Waals surface area contributed by atoms with E-state index in [0.29, 0.717) is 24.0 Å². The number of ether oxygens (including phenoxy) is 1. The molecule has 1 saturated heterocycles. The van der Waals surface area contributed by atoms with Crippen LogP contribution in [0.1, 0.15) is 29.8 Å². The number of pyridine rings is 1. The number of rotatable bonds is 5. The zero-order chi connectivity index (χ0) is 21.1. The number of benzene rings is 1. The molecule has 1 aliphatic heterocycles. The van der Waals surface area contributed by atoms with Gasteiger partial charge in [-0.15, -0.1) is 0 Å². The quantitative estimate of drug-likeness (QED) is 0.480. The SMILES string of the molecule is COc1cc(/C=C2\CCCN(Cc3cccc(Cl)n3)C2=O)ccc1-c1nc(C)c[nH]1. The first-order valence-corrected chi connectivity index (χ1v) is 10.2. The highest BCUT2D eigenvalue weighted by atomic mass is 35.5. The summed E-state index contributed by atoms with van der Waals surface area (Å²) in [6.07, 6.45) is 5.47. The Labute approximate surface area is 180 Å². The van der Waals surface area contributed by atoms with E-state index in [1.54, 1.807) is 13.2 Å². The van der Waals surface area contributed by atoms with Crippen molar-refractivity contribution in [1.29, 1.82) is 0 Å². The smallest absolute Gasteiger partial charge is 0.250 e. The van der Waals surface area contributed by atoms with Gasteiger partial charge in [0.15, 0.2) is 0 Å². The summed E-state index contributed by atoms with van der Waals surface area (Å²) in [5.74, 6) is 1.51. The van der Waals surface area contributed by atoms with E-state index in [9.17, 15) is 4.79 Å². The molecule has 0 aliphatic carbocycles. The number of halogens is 1. The van der Waals surface area contributed by atoms with Crippen LogP contribution < -0.4 is 4.74 Å². The van der Waals surface area contributed by atoms with Crippen molar-refractivity contribution in [1.82, 2.24) is 19.9 Å². The zero-order valence-corrected chi connectivity index (χ0v) is 17.7. The number of piperidine rings is 1. The molecule has 1 N–H and O–H groups in total. The third-order valence-electron chi connectivity index (χ3n) is 5.09. The number of aryl methyl sites for hydroxylation is 1. The Hall–Kier alpha value is -3.12. The van der Waals surface area contributed by atoms with Crippen LogP contribution in [0.4, 0.5) is 0 Å². The average molecular weight is 423 g/mol. The molecule has 1 aliphatic rings. The van der Waals surface area contributed by atoms with Crippen molar-refractivity contribution >= 4 is 23.6 Å². The Balaban J connectivity index is 1.56. The molecule has 0 spiro atoms. The fourth-order valence-corrected chi connectivity index (χ4v) is 3.82. The molecule has 0 bridgehead atoms. The van der Waals surface area contributed by atoms with Gasteiger partial charge in [-0.25, -0.2) is 9.97 Å². The summed E-state index contributed by atoms with van der Waals surface area (Å²) >= 11 is 5.98. The number of methoxy groups -OCH3 is 1. The molecule has 0 unspecified atom stereocenters. The van der Waals surface area contributed by atoms with Gasteiger partial charge in [0.2, 0.25) is 5.91 Å². The normalized spacial score (nSPS) is 15.6. The molecule has 0 radical (unpaired) electrons. The van der Waals surface area contributed by atoms with Crippen LogP contribution in [0, 0.1) is 6.92 Å². The lowest BCUT2D eigenvalue weighted by molar-refractivity contribution is -0.129. The van der Waals surface area contributed by atoms with Crippen LogP contribution in [-0.4, -0.2) is 39.4 Å². The largest absolute Gasteiger partial charge is 0.496 e. The van der Waals surface area contributed by atoms with Gasteiger partial charge >= 0.3 is 0 Å². The summed E-state index contributed by atoms with van der Waals surface area (Å²) < 4.78 is 5.57. The Kier molecular flexibility index (Phi) is 5.86.